The molecule has 1 aromatic heterocycles. The molecule has 1 aliphatic heterocycles. The zero-order valence-corrected chi connectivity index (χ0v) is 10.9. The van der Waals surface area contributed by atoms with Gasteiger partial charge in [0, 0.05) is 35.9 Å². The van der Waals surface area contributed by atoms with E-state index in [-0.39, 0.29) is 0 Å². The summed E-state index contributed by atoms with van der Waals surface area (Å²) in [4.78, 5) is 5.24. The molecule has 88 valence electrons. The molecule has 1 aliphatic rings. The van der Waals surface area contributed by atoms with Crippen molar-refractivity contribution in [3.63, 3.8) is 0 Å². The monoisotopic (exact) mass is 236 g/mol. The molecule has 0 radical (unpaired) electrons. The second-order valence-electron chi connectivity index (χ2n) is 4.55. The molecule has 0 bridgehead atoms. The van der Waals surface area contributed by atoms with Gasteiger partial charge < -0.3 is 5.73 Å². The van der Waals surface area contributed by atoms with Crippen LogP contribution in [0.25, 0.3) is 0 Å². The van der Waals surface area contributed by atoms with Crippen molar-refractivity contribution in [2.75, 3.05) is 13.1 Å². The molecule has 0 aromatic carbocycles. The van der Waals surface area contributed by atoms with Crippen molar-refractivity contribution in [2.24, 2.45) is 5.73 Å². The van der Waals surface area contributed by atoms with Crippen LogP contribution in [-0.2, 0) is 13.1 Å². The molecule has 0 atom stereocenters. The zero-order valence-electron chi connectivity index (χ0n) is 10.1. The lowest BCUT2D eigenvalue weighted by atomic mass is 10.1. The number of hydrogen-bond donors (Lipinski definition) is 1. The molecule has 2 nitrogen and oxygen atoms in total. The summed E-state index contributed by atoms with van der Waals surface area (Å²) in [6, 6.07) is 2.27. The molecule has 0 aliphatic carbocycles. The van der Waals surface area contributed by atoms with E-state index in [0.717, 1.165) is 13.1 Å². The van der Waals surface area contributed by atoms with E-state index >= 15 is 0 Å². The van der Waals surface area contributed by atoms with Crippen LogP contribution in [0.1, 0.15) is 28.7 Å². The SMILES string of the molecule is CC1=CCCN(Cc2cc(CN)sc2C)C1. The van der Waals surface area contributed by atoms with Gasteiger partial charge in [0.2, 0.25) is 0 Å². The molecule has 0 fully saturated rings. The van der Waals surface area contributed by atoms with Gasteiger partial charge in [-0.1, -0.05) is 11.6 Å². The fraction of sp³-hybridized carbons (Fsp3) is 0.538. The first kappa shape index (κ1) is 11.8. The third-order valence-electron chi connectivity index (χ3n) is 3.08. The molecule has 2 heterocycles. The topological polar surface area (TPSA) is 29.3 Å². The largest absolute Gasteiger partial charge is 0.326 e. The summed E-state index contributed by atoms with van der Waals surface area (Å²) in [5, 5.41) is 0. The van der Waals surface area contributed by atoms with Gasteiger partial charge in [-0.05, 0) is 31.9 Å². The van der Waals surface area contributed by atoms with Crippen LogP contribution < -0.4 is 5.73 Å². The zero-order chi connectivity index (χ0) is 11.5. The minimum absolute atomic E-state index is 0.671. The summed E-state index contributed by atoms with van der Waals surface area (Å²) >= 11 is 1.84. The summed E-state index contributed by atoms with van der Waals surface area (Å²) in [7, 11) is 0. The van der Waals surface area contributed by atoms with Crippen LogP contribution in [-0.4, -0.2) is 18.0 Å². The highest BCUT2D eigenvalue weighted by atomic mass is 32.1. The van der Waals surface area contributed by atoms with E-state index in [0.29, 0.717) is 6.54 Å². The first-order valence-corrected chi connectivity index (χ1v) is 6.67. The Morgan fingerprint density at radius 3 is 2.88 bits per heavy atom. The lowest BCUT2D eigenvalue weighted by molar-refractivity contribution is 0.282. The Morgan fingerprint density at radius 1 is 1.44 bits per heavy atom. The molecule has 1 aromatic rings. The Hall–Kier alpha value is -0.640. The van der Waals surface area contributed by atoms with Gasteiger partial charge in [0.1, 0.15) is 0 Å². The van der Waals surface area contributed by atoms with Gasteiger partial charge in [-0.25, -0.2) is 0 Å². The van der Waals surface area contributed by atoms with E-state index in [9.17, 15) is 0 Å². The summed E-state index contributed by atoms with van der Waals surface area (Å²) in [5.74, 6) is 0. The number of hydrogen-bond acceptors (Lipinski definition) is 3. The van der Waals surface area contributed by atoms with Gasteiger partial charge in [0.05, 0.1) is 0 Å². The number of aryl methyl sites for hydroxylation is 1. The molecule has 2 N–H and O–H groups in total. The summed E-state index contributed by atoms with van der Waals surface area (Å²) < 4.78 is 0. The molecule has 0 spiro atoms. The van der Waals surface area contributed by atoms with Crippen LogP contribution in [0.5, 0.6) is 0 Å². The van der Waals surface area contributed by atoms with Gasteiger partial charge in [0.25, 0.3) is 0 Å². The smallest absolute Gasteiger partial charge is 0.0274 e. The van der Waals surface area contributed by atoms with Gasteiger partial charge in [0.15, 0.2) is 0 Å². The minimum Gasteiger partial charge on any atom is -0.326 e. The molecule has 2 rings (SSSR count). The lowest BCUT2D eigenvalue weighted by Crippen LogP contribution is -2.28. The highest BCUT2D eigenvalue weighted by molar-refractivity contribution is 7.12. The van der Waals surface area contributed by atoms with E-state index in [1.807, 2.05) is 11.3 Å². The van der Waals surface area contributed by atoms with E-state index in [2.05, 4.69) is 30.9 Å². The number of nitrogens with zero attached hydrogens (tertiary/aromatic N) is 1. The highest BCUT2D eigenvalue weighted by Crippen LogP contribution is 2.23. The highest BCUT2D eigenvalue weighted by Gasteiger charge is 2.13. The van der Waals surface area contributed by atoms with E-state index < -0.39 is 0 Å². The Morgan fingerprint density at radius 2 is 2.25 bits per heavy atom. The van der Waals surface area contributed by atoms with Crippen LogP contribution in [0.2, 0.25) is 0 Å². The van der Waals surface area contributed by atoms with Gasteiger partial charge in [-0.15, -0.1) is 11.3 Å². The van der Waals surface area contributed by atoms with Crippen LogP contribution >= 0.6 is 11.3 Å². The quantitative estimate of drug-likeness (QED) is 0.818. The van der Waals surface area contributed by atoms with Crippen molar-refractivity contribution in [1.29, 1.82) is 0 Å². The van der Waals surface area contributed by atoms with E-state index in [1.165, 1.54) is 33.9 Å². The Balaban J connectivity index is 2.03. The fourth-order valence-electron chi connectivity index (χ4n) is 2.21. The average molecular weight is 236 g/mol. The van der Waals surface area contributed by atoms with Crippen molar-refractivity contribution >= 4 is 11.3 Å². The second-order valence-corrected chi connectivity index (χ2v) is 5.89. The van der Waals surface area contributed by atoms with Crippen molar-refractivity contribution in [3.8, 4) is 0 Å². The number of thiophene rings is 1. The predicted molar refractivity (Wildman–Crippen MR) is 70.6 cm³/mol. The Kier molecular flexibility index (Phi) is 3.79. The van der Waals surface area contributed by atoms with Crippen molar-refractivity contribution in [1.82, 2.24) is 4.90 Å². The maximum atomic E-state index is 5.67. The normalized spacial score (nSPS) is 17.6. The van der Waals surface area contributed by atoms with Gasteiger partial charge in [-0.2, -0.15) is 0 Å². The van der Waals surface area contributed by atoms with Crippen LogP contribution in [0.4, 0.5) is 0 Å². The molecular weight excluding hydrogens is 216 g/mol. The van der Waals surface area contributed by atoms with E-state index in [4.69, 9.17) is 5.73 Å². The fourth-order valence-corrected chi connectivity index (χ4v) is 3.14. The molecular formula is C13H20N2S. The maximum absolute atomic E-state index is 5.67. The first-order chi connectivity index (χ1) is 7.69. The molecule has 3 heteroatoms. The molecule has 0 amide bonds. The average Bonchev–Trinajstić information content (AvgIpc) is 2.60. The third kappa shape index (κ3) is 2.73. The molecule has 0 unspecified atom stereocenters. The first-order valence-electron chi connectivity index (χ1n) is 5.85. The van der Waals surface area contributed by atoms with Crippen molar-refractivity contribution in [3.05, 3.63) is 33.0 Å². The summed E-state index contributed by atoms with van der Waals surface area (Å²) in [5.41, 5.74) is 8.63. The molecule has 0 saturated carbocycles. The van der Waals surface area contributed by atoms with Crippen LogP contribution in [0.3, 0.4) is 0 Å². The molecule has 0 saturated heterocycles. The predicted octanol–water partition coefficient (Wildman–Crippen LogP) is 2.67. The Labute approximate surface area is 102 Å². The van der Waals surface area contributed by atoms with Crippen molar-refractivity contribution in [2.45, 2.75) is 33.4 Å². The van der Waals surface area contributed by atoms with Gasteiger partial charge >= 0.3 is 0 Å². The van der Waals surface area contributed by atoms with E-state index in [1.54, 1.807) is 0 Å². The summed E-state index contributed by atoms with van der Waals surface area (Å²) in [6.07, 6.45) is 3.54. The molecule has 16 heavy (non-hydrogen) atoms. The minimum atomic E-state index is 0.671. The number of nitrogens with two attached hydrogens (primary N) is 1. The van der Waals surface area contributed by atoms with Crippen LogP contribution in [0.15, 0.2) is 17.7 Å². The van der Waals surface area contributed by atoms with Crippen molar-refractivity contribution < 1.29 is 0 Å². The summed E-state index contributed by atoms with van der Waals surface area (Å²) in [6.45, 7) is 8.47. The number of rotatable bonds is 3. The standard InChI is InChI=1S/C13H20N2S/c1-10-4-3-5-15(8-10)9-12-6-13(7-14)16-11(12)2/h4,6H,3,5,7-9,14H2,1-2H3. The van der Waals surface area contributed by atoms with Crippen LogP contribution in [0, 0.1) is 6.92 Å². The third-order valence-corrected chi connectivity index (χ3v) is 4.19. The second kappa shape index (κ2) is 5.13. The lowest BCUT2D eigenvalue weighted by Gasteiger charge is -2.25. The Bertz CT molecular complexity index is 393. The van der Waals surface area contributed by atoms with Gasteiger partial charge in [-0.3, -0.25) is 4.90 Å². The maximum Gasteiger partial charge on any atom is 0.0274 e.